The number of hydrogen-bond acceptors (Lipinski definition) is 2. The Balaban J connectivity index is 0.00000112. The van der Waals surface area contributed by atoms with Gasteiger partial charge in [0.2, 0.25) is 0 Å². The molecule has 1 saturated heterocycles. The molecule has 0 amide bonds. The molecular formula is C12H20Cl2N2. The van der Waals surface area contributed by atoms with Gasteiger partial charge in [0.1, 0.15) is 0 Å². The van der Waals surface area contributed by atoms with Crippen molar-refractivity contribution in [2.75, 3.05) is 13.1 Å². The maximum atomic E-state index is 4.52. The fourth-order valence-electron chi connectivity index (χ4n) is 2.25. The van der Waals surface area contributed by atoms with Crippen molar-refractivity contribution < 1.29 is 0 Å². The van der Waals surface area contributed by atoms with Crippen LogP contribution in [0.2, 0.25) is 0 Å². The van der Waals surface area contributed by atoms with E-state index in [0.29, 0.717) is 5.92 Å². The van der Waals surface area contributed by atoms with Gasteiger partial charge in [0.05, 0.1) is 0 Å². The first-order valence-corrected chi connectivity index (χ1v) is 5.42. The van der Waals surface area contributed by atoms with E-state index in [9.17, 15) is 0 Å². The first-order chi connectivity index (χ1) is 6.77. The molecule has 2 nitrogen and oxygen atoms in total. The van der Waals surface area contributed by atoms with Crippen molar-refractivity contribution in [3.63, 3.8) is 0 Å². The summed E-state index contributed by atoms with van der Waals surface area (Å²) in [7, 11) is 0. The van der Waals surface area contributed by atoms with Crippen molar-refractivity contribution in [1.29, 1.82) is 0 Å². The molecular weight excluding hydrogens is 243 g/mol. The maximum absolute atomic E-state index is 4.52. The molecule has 1 N–H and O–H groups in total. The molecule has 16 heavy (non-hydrogen) atoms. The van der Waals surface area contributed by atoms with Gasteiger partial charge in [-0.25, -0.2) is 0 Å². The summed E-state index contributed by atoms with van der Waals surface area (Å²) >= 11 is 0. The molecule has 1 unspecified atom stereocenters. The number of rotatable bonds is 1. The predicted octanol–water partition coefficient (Wildman–Crippen LogP) is 3.01. The van der Waals surface area contributed by atoms with Crippen LogP contribution in [0, 0.1) is 13.8 Å². The molecule has 1 aliphatic rings. The highest BCUT2D eigenvalue weighted by molar-refractivity contribution is 5.85. The normalized spacial score (nSPS) is 19.5. The number of aromatic nitrogens is 1. The van der Waals surface area contributed by atoms with Crippen molar-refractivity contribution in [2.45, 2.75) is 32.6 Å². The van der Waals surface area contributed by atoms with Crippen LogP contribution in [0.15, 0.2) is 12.1 Å². The van der Waals surface area contributed by atoms with Gasteiger partial charge in [0.25, 0.3) is 0 Å². The van der Waals surface area contributed by atoms with Crippen molar-refractivity contribution in [2.24, 2.45) is 0 Å². The predicted molar refractivity (Wildman–Crippen MR) is 73.1 cm³/mol. The molecule has 0 radical (unpaired) electrons. The Morgan fingerprint density at radius 1 is 1.25 bits per heavy atom. The molecule has 1 aromatic rings. The zero-order valence-corrected chi connectivity index (χ0v) is 11.5. The van der Waals surface area contributed by atoms with E-state index < -0.39 is 0 Å². The SMILES string of the molecule is Cc1ccc(C2CCCNC2)c(C)n1.Cl.Cl. The lowest BCUT2D eigenvalue weighted by molar-refractivity contribution is 0.459. The number of halogens is 2. The van der Waals surface area contributed by atoms with Crippen LogP contribution in [0.5, 0.6) is 0 Å². The van der Waals surface area contributed by atoms with E-state index in [-0.39, 0.29) is 24.8 Å². The standard InChI is InChI=1S/C12H18N2.2ClH/c1-9-5-6-12(10(2)14-9)11-4-3-7-13-8-11;;/h5-6,11,13H,3-4,7-8H2,1-2H3;2*1H. The molecule has 92 valence electrons. The van der Waals surface area contributed by atoms with Crippen LogP contribution in [0.3, 0.4) is 0 Å². The Kier molecular flexibility index (Phi) is 6.96. The summed E-state index contributed by atoms with van der Waals surface area (Å²) in [5.74, 6) is 0.678. The molecule has 0 spiro atoms. The third-order valence-electron chi connectivity index (χ3n) is 3.00. The lowest BCUT2D eigenvalue weighted by Gasteiger charge is -2.24. The number of piperidine rings is 1. The van der Waals surface area contributed by atoms with Gasteiger partial charge in [-0.1, -0.05) is 6.07 Å². The Hall–Kier alpha value is -0.310. The minimum atomic E-state index is 0. The highest BCUT2D eigenvalue weighted by atomic mass is 35.5. The first-order valence-electron chi connectivity index (χ1n) is 5.42. The molecule has 0 aromatic carbocycles. The van der Waals surface area contributed by atoms with Crippen molar-refractivity contribution in [3.8, 4) is 0 Å². The zero-order valence-electron chi connectivity index (χ0n) is 9.82. The Bertz CT molecular complexity index is 323. The van der Waals surface area contributed by atoms with Gasteiger partial charge in [-0.05, 0) is 50.8 Å². The molecule has 1 atom stereocenters. The highest BCUT2D eigenvalue weighted by Crippen LogP contribution is 2.24. The summed E-state index contributed by atoms with van der Waals surface area (Å²) in [5, 5.41) is 3.45. The minimum absolute atomic E-state index is 0. The van der Waals surface area contributed by atoms with Crippen LogP contribution < -0.4 is 5.32 Å². The second-order valence-corrected chi connectivity index (χ2v) is 4.17. The third kappa shape index (κ3) is 3.62. The third-order valence-corrected chi connectivity index (χ3v) is 3.00. The lowest BCUT2D eigenvalue weighted by atomic mass is 9.90. The topological polar surface area (TPSA) is 24.9 Å². The quantitative estimate of drug-likeness (QED) is 0.842. The molecule has 0 saturated carbocycles. The maximum Gasteiger partial charge on any atom is 0.0411 e. The van der Waals surface area contributed by atoms with Crippen LogP contribution in [0.1, 0.15) is 35.7 Å². The Morgan fingerprint density at radius 2 is 2.00 bits per heavy atom. The van der Waals surface area contributed by atoms with E-state index in [1.165, 1.54) is 30.6 Å². The smallest absolute Gasteiger partial charge is 0.0411 e. The summed E-state index contributed by atoms with van der Waals surface area (Å²) < 4.78 is 0. The van der Waals surface area contributed by atoms with Crippen molar-refractivity contribution >= 4 is 24.8 Å². The van der Waals surface area contributed by atoms with E-state index >= 15 is 0 Å². The van der Waals surface area contributed by atoms with Gasteiger partial charge in [0, 0.05) is 17.9 Å². The number of nitrogens with zero attached hydrogens (tertiary/aromatic N) is 1. The molecule has 1 aromatic heterocycles. The van der Waals surface area contributed by atoms with Crippen LogP contribution in [0.4, 0.5) is 0 Å². The summed E-state index contributed by atoms with van der Waals surface area (Å²) in [5.41, 5.74) is 3.76. The average Bonchev–Trinajstić information content (AvgIpc) is 2.19. The van der Waals surface area contributed by atoms with E-state index in [2.05, 4.69) is 36.3 Å². The van der Waals surface area contributed by atoms with Gasteiger partial charge in [-0.15, -0.1) is 24.8 Å². The van der Waals surface area contributed by atoms with Crippen LogP contribution >= 0.6 is 24.8 Å². The molecule has 2 rings (SSSR count). The highest BCUT2D eigenvalue weighted by Gasteiger charge is 2.17. The Labute approximate surface area is 110 Å². The van der Waals surface area contributed by atoms with Crippen LogP contribution in [0.25, 0.3) is 0 Å². The molecule has 0 bridgehead atoms. The second-order valence-electron chi connectivity index (χ2n) is 4.17. The van der Waals surface area contributed by atoms with Gasteiger partial charge in [-0.3, -0.25) is 4.98 Å². The van der Waals surface area contributed by atoms with Crippen molar-refractivity contribution in [1.82, 2.24) is 10.3 Å². The zero-order chi connectivity index (χ0) is 9.97. The van der Waals surface area contributed by atoms with Crippen LogP contribution in [-0.2, 0) is 0 Å². The Morgan fingerprint density at radius 3 is 2.56 bits per heavy atom. The van der Waals surface area contributed by atoms with Gasteiger partial charge in [-0.2, -0.15) is 0 Å². The summed E-state index contributed by atoms with van der Waals surface area (Å²) in [6, 6.07) is 4.37. The van der Waals surface area contributed by atoms with E-state index in [1.807, 2.05) is 0 Å². The molecule has 2 heterocycles. The largest absolute Gasteiger partial charge is 0.316 e. The first kappa shape index (κ1) is 15.7. The number of pyridine rings is 1. The molecule has 1 aliphatic heterocycles. The van der Waals surface area contributed by atoms with Gasteiger partial charge >= 0.3 is 0 Å². The number of nitrogens with one attached hydrogen (secondary N) is 1. The number of hydrogen-bond donors (Lipinski definition) is 1. The lowest BCUT2D eigenvalue weighted by Crippen LogP contribution is -2.28. The number of aryl methyl sites for hydroxylation is 2. The fraction of sp³-hybridized carbons (Fsp3) is 0.583. The van der Waals surface area contributed by atoms with E-state index in [0.717, 1.165) is 12.2 Å². The van der Waals surface area contributed by atoms with E-state index in [4.69, 9.17) is 0 Å². The second kappa shape index (κ2) is 7.10. The fourth-order valence-corrected chi connectivity index (χ4v) is 2.25. The van der Waals surface area contributed by atoms with Gasteiger partial charge in [0.15, 0.2) is 0 Å². The van der Waals surface area contributed by atoms with E-state index in [1.54, 1.807) is 0 Å². The molecule has 1 fully saturated rings. The average molecular weight is 263 g/mol. The van der Waals surface area contributed by atoms with Crippen LogP contribution in [-0.4, -0.2) is 18.1 Å². The summed E-state index contributed by atoms with van der Waals surface area (Å²) in [6.07, 6.45) is 2.59. The summed E-state index contributed by atoms with van der Waals surface area (Å²) in [6.45, 7) is 6.47. The summed E-state index contributed by atoms with van der Waals surface area (Å²) in [4.78, 5) is 4.52. The molecule has 0 aliphatic carbocycles. The van der Waals surface area contributed by atoms with Gasteiger partial charge < -0.3 is 5.32 Å². The molecule has 4 heteroatoms. The van der Waals surface area contributed by atoms with Crippen molar-refractivity contribution in [3.05, 3.63) is 29.1 Å². The minimum Gasteiger partial charge on any atom is -0.316 e. The monoisotopic (exact) mass is 262 g/mol.